The Hall–Kier alpha value is -3.59. The molecule has 0 saturated carbocycles. The number of rotatable bonds is 9. The number of carbonyl (C=O) groups is 1. The van der Waals surface area contributed by atoms with E-state index in [4.69, 9.17) is 9.47 Å². The van der Waals surface area contributed by atoms with Gasteiger partial charge in [-0.05, 0) is 61.0 Å². The molecule has 1 amide bonds. The molecule has 3 aromatic carbocycles. The smallest absolute Gasteiger partial charge is 0.265 e. The van der Waals surface area contributed by atoms with Gasteiger partial charge in [-0.3, -0.25) is 9.52 Å². The molecule has 32 heavy (non-hydrogen) atoms. The molecule has 0 aliphatic carbocycles. The van der Waals surface area contributed by atoms with E-state index in [1.165, 1.54) is 43.5 Å². The van der Waals surface area contributed by atoms with Gasteiger partial charge in [-0.25, -0.2) is 12.8 Å². The second kappa shape index (κ2) is 10.1. The highest BCUT2D eigenvalue weighted by Gasteiger charge is 2.21. The molecule has 0 unspecified atom stereocenters. The van der Waals surface area contributed by atoms with Crippen molar-refractivity contribution < 1.29 is 27.1 Å². The van der Waals surface area contributed by atoms with Crippen molar-refractivity contribution in [2.45, 2.75) is 18.2 Å². The molecular formula is C23H23FN2O5S. The maximum Gasteiger partial charge on any atom is 0.265 e. The van der Waals surface area contributed by atoms with Crippen LogP contribution in [-0.2, 0) is 21.2 Å². The Balaban J connectivity index is 1.80. The van der Waals surface area contributed by atoms with Crippen LogP contribution in [0.5, 0.6) is 11.5 Å². The minimum absolute atomic E-state index is 0.107. The van der Waals surface area contributed by atoms with Crippen LogP contribution in [0.2, 0.25) is 0 Å². The second-order valence-corrected chi connectivity index (χ2v) is 8.40. The maximum atomic E-state index is 13.8. The van der Waals surface area contributed by atoms with Crippen LogP contribution in [0, 0.1) is 5.82 Å². The quantitative estimate of drug-likeness (QED) is 0.501. The predicted molar refractivity (Wildman–Crippen MR) is 120 cm³/mol. The number of sulfonamides is 1. The van der Waals surface area contributed by atoms with E-state index in [1.54, 1.807) is 30.3 Å². The predicted octanol–water partition coefficient (Wildman–Crippen LogP) is 4.22. The highest BCUT2D eigenvalue weighted by Crippen LogP contribution is 2.29. The van der Waals surface area contributed by atoms with Gasteiger partial charge in [0.1, 0.15) is 22.2 Å². The molecule has 2 N–H and O–H groups in total. The van der Waals surface area contributed by atoms with Crippen molar-refractivity contribution in [3.63, 3.8) is 0 Å². The fourth-order valence-corrected chi connectivity index (χ4v) is 4.24. The first-order valence-corrected chi connectivity index (χ1v) is 11.3. The van der Waals surface area contributed by atoms with Crippen molar-refractivity contribution in [3.8, 4) is 11.5 Å². The average molecular weight is 459 g/mol. The van der Waals surface area contributed by atoms with E-state index in [0.29, 0.717) is 18.0 Å². The van der Waals surface area contributed by atoms with Crippen molar-refractivity contribution >= 4 is 27.3 Å². The normalized spacial score (nSPS) is 11.0. The lowest BCUT2D eigenvalue weighted by Gasteiger charge is -2.14. The number of halogens is 1. The summed E-state index contributed by atoms with van der Waals surface area (Å²) in [4.78, 5) is 12.2. The van der Waals surface area contributed by atoms with E-state index in [-0.39, 0.29) is 28.3 Å². The third-order valence-corrected chi connectivity index (χ3v) is 5.87. The van der Waals surface area contributed by atoms with Crippen LogP contribution in [0.4, 0.5) is 15.8 Å². The van der Waals surface area contributed by atoms with Gasteiger partial charge in [0.25, 0.3) is 10.0 Å². The number of ether oxygens (including phenoxy) is 2. The number of methoxy groups -OCH3 is 1. The van der Waals surface area contributed by atoms with Gasteiger partial charge >= 0.3 is 0 Å². The zero-order chi connectivity index (χ0) is 23.1. The number of anilines is 2. The zero-order valence-electron chi connectivity index (χ0n) is 17.6. The van der Waals surface area contributed by atoms with Gasteiger partial charge in [-0.1, -0.05) is 18.2 Å². The molecule has 168 valence electrons. The van der Waals surface area contributed by atoms with E-state index in [0.717, 1.165) is 0 Å². The lowest BCUT2D eigenvalue weighted by molar-refractivity contribution is -0.115. The van der Waals surface area contributed by atoms with E-state index in [1.807, 2.05) is 6.92 Å². The molecule has 3 rings (SSSR count). The average Bonchev–Trinajstić information content (AvgIpc) is 2.77. The van der Waals surface area contributed by atoms with Crippen LogP contribution in [0.3, 0.4) is 0 Å². The van der Waals surface area contributed by atoms with Gasteiger partial charge in [0.15, 0.2) is 0 Å². The number of amides is 1. The molecule has 0 aliphatic heterocycles. The Morgan fingerprint density at radius 1 is 1.00 bits per heavy atom. The summed E-state index contributed by atoms with van der Waals surface area (Å²) in [7, 11) is -2.68. The van der Waals surface area contributed by atoms with E-state index in [2.05, 4.69) is 10.0 Å². The fraction of sp³-hybridized carbons (Fsp3) is 0.174. The molecule has 0 heterocycles. The molecule has 0 spiro atoms. The maximum absolute atomic E-state index is 13.8. The van der Waals surface area contributed by atoms with Crippen LogP contribution < -0.4 is 19.5 Å². The van der Waals surface area contributed by atoms with Crippen LogP contribution in [0.1, 0.15) is 12.5 Å². The van der Waals surface area contributed by atoms with Crippen molar-refractivity contribution in [3.05, 3.63) is 78.1 Å². The minimum atomic E-state index is -4.03. The van der Waals surface area contributed by atoms with Gasteiger partial charge in [0.2, 0.25) is 5.91 Å². The fourth-order valence-electron chi connectivity index (χ4n) is 2.98. The van der Waals surface area contributed by atoms with Crippen LogP contribution in [0.25, 0.3) is 0 Å². The lowest BCUT2D eigenvalue weighted by atomic mass is 10.1. The van der Waals surface area contributed by atoms with E-state index >= 15 is 0 Å². The summed E-state index contributed by atoms with van der Waals surface area (Å²) < 4.78 is 52.8. The molecule has 7 nitrogen and oxygen atoms in total. The molecule has 0 radical (unpaired) electrons. The van der Waals surface area contributed by atoms with Crippen LogP contribution >= 0.6 is 0 Å². The number of hydrogen-bond donors (Lipinski definition) is 2. The van der Waals surface area contributed by atoms with Crippen molar-refractivity contribution in [2.75, 3.05) is 23.8 Å². The molecule has 9 heteroatoms. The zero-order valence-corrected chi connectivity index (χ0v) is 18.4. The molecule has 0 fully saturated rings. The molecule has 0 aromatic heterocycles. The van der Waals surface area contributed by atoms with Gasteiger partial charge in [0, 0.05) is 11.4 Å². The highest BCUT2D eigenvalue weighted by molar-refractivity contribution is 7.92. The van der Waals surface area contributed by atoms with Crippen LogP contribution in [-0.4, -0.2) is 28.0 Å². The van der Waals surface area contributed by atoms with E-state index in [9.17, 15) is 17.6 Å². The SMILES string of the molecule is CCOc1ccc(NS(=O)(=O)c2cc(NC(=O)Cc3ccccc3F)ccc2OC)cc1. The van der Waals surface area contributed by atoms with Gasteiger partial charge < -0.3 is 14.8 Å². The molecule has 0 bridgehead atoms. The van der Waals surface area contributed by atoms with Gasteiger partial charge in [0.05, 0.1) is 20.1 Å². The summed E-state index contributed by atoms with van der Waals surface area (Å²) in [5.41, 5.74) is 0.812. The monoisotopic (exact) mass is 458 g/mol. The Labute approximate surface area is 186 Å². The number of nitrogens with one attached hydrogen (secondary N) is 2. The number of carbonyl (C=O) groups excluding carboxylic acids is 1. The second-order valence-electron chi connectivity index (χ2n) is 6.74. The summed E-state index contributed by atoms with van der Waals surface area (Å²) in [6.07, 6.45) is -0.189. The Morgan fingerprint density at radius 2 is 1.69 bits per heavy atom. The van der Waals surface area contributed by atoms with E-state index < -0.39 is 21.7 Å². The highest BCUT2D eigenvalue weighted by atomic mass is 32.2. The third-order valence-electron chi connectivity index (χ3n) is 4.46. The van der Waals surface area contributed by atoms with Crippen molar-refractivity contribution in [1.29, 1.82) is 0 Å². The van der Waals surface area contributed by atoms with Crippen molar-refractivity contribution in [2.24, 2.45) is 0 Å². The first-order valence-electron chi connectivity index (χ1n) is 9.79. The standard InChI is InChI=1S/C23H23FN2O5S/c1-3-31-19-11-8-17(9-12-19)26-32(28,29)22-15-18(10-13-21(22)30-2)25-23(27)14-16-6-4-5-7-20(16)24/h4-13,15,26H,3,14H2,1-2H3,(H,25,27). The van der Waals surface area contributed by atoms with Gasteiger partial charge in [-0.15, -0.1) is 0 Å². The third kappa shape index (κ3) is 5.76. The number of hydrogen-bond acceptors (Lipinski definition) is 5. The first kappa shape index (κ1) is 23.1. The molecular weight excluding hydrogens is 435 g/mol. The Kier molecular flexibility index (Phi) is 7.32. The lowest BCUT2D eigenvalue weighted by Crippen LogP contribution is -2.17. The minimum Gasteiger partial charge on any atom is -0.495 e. The van der Waals surface area contributed by atoms with Gasteiger partial charge in [-0.2, -0.15) is 0 Å². The Morgan fingerprint density at radius 3 is 2.34 bits per heavy atom. The molecule has 3 aromatic rings. The molecule has 0 aliphatic rings. The largest absolute Gasteiger partial charge is 0.495 e. The summed E-state index contributed by atoms with van der Waals surface area (Å²) in [5.74, 6) is -0.244. The van der Waals surface area contributed by atoms with Crippen molar-refractivity contribution in [1.82, 2.24) is 0 Å². The molecule has 0 saturated heterocycles. The topological polar surface area (TPSA) is 93.7 Å². The Bertz CT molecular complexity index is 1200. The summed E-state index contributed by atoms with van der Waals surface area (Å²) in [5, 5.41) is 2.60. The first-order chi connectivity index (χ1) is 15.3. The van der Waals surface area contributed by atoms with Crippen LogP contribution in [0.15, 0.2) is 71.6 Å². The number of benzene rings is 3. The molecule has 0 atom stereocenters. The summed E-state index contributed by atoms with van der Waals surface area (Å²) in [6.45, 7) is 2.35. The summed E-state index contributed by atoms with van der Waals surface area (Å²) in [6, 6.07) is 16.6. The summed E-state index contributed by atoms with van der Waals surface area (Å²) >= 11 is 0.